The summed E-state index contributed by atoms with van der Waals surface area (Å²) >= 11 is 5.76. The van der Waals surface area contributed by atoms with Crippen molar-refractivity contribution < 1.29 is 12.8 Å². The summed E-state index contributed by atoms with van der Waals surface area (Å²) < 4.78 is 41.2. The second-order valence-corrected chi connectivity index (χ2v) is 7.82. The summed E-state index contributed by atoms with van der Waals surface area (Å²) in [5.74, 6) is -0.0435. The van der Waals surface area contributed by atoms with Crippen molar-refractivity contribution in [2.75, 3.05) is 0 Å². The van der Waals surface area contributed by atoms with Crippen molar-refractivity contribution in [1.82, 2.24) is 4.72 Å². The topological polar surface area (TPSA) is 72.2 Å². The van der Waals surface area contributed by atoms with Gasteiger partial charge < -0.3 is 5.73 Å². The van der Waals surface area contributed by atoms with E-state index in [2.05, 4.69) is 11.6 Å². The number of benzene rings is 1. The van der Waals surface area contributed by atoms with Gasteiger partial charge in [-0.2, -0.15) is 0 Å². The molecule has 1 fully saturated rings. The molecule has 0 amide bonds. The maximum atomic E-state index is 13.7. The van der Waals surface area contributed by atoms with Crippen LogP contribution in [-0.4, -0.2) is 14.5 Å². The van der Waals surface area contributed by atoms with Crippen LogP contribution in [-0.2, 0) is 16.6 Å². The first-order valence-electron chi connectivity index (χ1n) is 6.96. The highest BCUT2D eigenvalue weighted by Crippen LogP contribution is 2.32. The Balaban J connectivity index is 2.30. The number of sulfonamides is 1. The second kappa shape index (κ2) is 6.20. The van der Waals surface area contributed by atoms with Crippen LogP contribution in [0, 0.1) is 17.7 Å². The molecular formula is C14H20ClFN2O2S. The summed E-state index contributed by atoms with van der Waals surface area (Å²) in [5, 5.41) is -0.126. The van der Waals surface area contributed by atoms with Gasteiger partial charge in [0, 0.05) is 12.6 Å². The lowest BCUT2D eigenvalue weighted by atomic mass is 9.98. The smallest absolute Gasteiger partial charge is 0.240 e. The van der Waals surface area contributed by atoms with Crippen molar-refractivity contribution in [3.63, 3.8) is 0 Å². The molecule has 0 radical (unpaired) electrons. The number of nitrogens with one attached hydrogen (secondary N) is 1. The predicted octanol–water partition coefficient (Wildman–Crippen LogP) is 2.65. The van der Waals surface area contributed by atoms with Gasteiger partial charge >= 0.3 is 0 Å². The van der Waals surface area contributed by atoms with Crippen molar-refractivity contribution in [1.29, 1.82) is 0 Å². The average Bonchev–Trinajstić information content (AvgIpc) is 2.73. The average molecular weight is 335 g/mol. The standard InChI is InChI=1S/C14H20ClFN2O2S/c1-8-3-4-13(9(8)2)18-21(19,20)11-5-10(7-17)14(15)12(16)6-11/h5-6,8-9,13,18H,3-4,7,17H2,1-2H3. The summed E-state index contributed by atoms with van der Waals surface area (Å²) in [7, 11) is -3.78. The van der Waals surface area contributed by atoms with E-state index in [1.807, 2.05) is 6.92 Å². The molecule has 3 unspecified atom stereocenters. The monoisotopic (exact) mass is 334 g/mol. The van der Waals surface area contributed by atoms with Gasteiger partial charge in [-0.15, -0.1) is 0 Å². The third-order valence-corrected chi connectivity index (χ3v) is 6.27. The summed E-state index contributed by atoms with van der Waals surface area (Å²) in [6.45, 7) is 4.11. The van der Waals surface area contributed by atoms with Crippen LogP contribution < -0.4 is 10.5 Å². The highest BCUT2D eigenvalue weighted by molar-refractivity contribution is 7.89. The fourth-order valence-corrected chi connectivity index (χ4v) is 4.33. The van der Waals surface area contributed by atoms with E-state index in [4.69, 9.17) is 17.3 Å². The lowest BCUT2D eigenvalue weighted by Gasteiger charge is -2.20. The fourth-order valence-electron chi connectivity index (χ4n) is 2.72. The van der Waals surface area contributed by atoms with E-state index in [1.54, 1.807) is 0 Å². The number of halogens is 2. The zero-order chi connectivity index (χ0) is 15.8. The zero-order valence-corrected chi connectivity index (χ0v) is 13.6. The SMILES string of the molecule is CC1CCC(NS(=O)(=O)c2cc(F)c(Cl)c(CN)c2)C1C. The molecule has 1 aliphatic carbocycles. The Morgan fingerprint density at radius 3 is 2.57 bits per heavy atom. The van der Waals surface area contributed by atoms with E-state index in [-0.39, 0.29) is 34.0 Å². The molecule has 0 heterocycles. The molecule has 4 nitrogen and oxygen atoms in total. The van der Waals surface area contributed by atoms with E-state index in [0.717, 1.165) is 18.9 Å². The molecule has 3 atom stereocenters. The van der Waals surface area contributed by atoms with Gasteiger partial charge in [-0.3, -0.25) is 0 Å². The fraction of sp³-hybridized carbons (Fsp3) is 0.571. The highest BCUT2D eigenvalue weighted by Gasteiger charge is 2.33. The quantitative estimate of drug-likeness (QED) is 0.889. The minimum Gasteiger partial charge on any atom is -0.326 e. The van der Waals surface area contributed by atoms with Gasteiger partial charge in [0.25, 0.3) is 0 Å². The Morgan fingerprint density at radius 1 is 1.38 bits per heavy atom. The molecule has 1 aromatic carbocycles. The van der Waals surface area contributed by atoms with Crippen molar-refractivity contribution in [3.05, 3.63) is 28.5 Å². The van der Waals surface area contributed by atoms with E-state index < -0.39 is 15.8 Å². The van der Waals surface area contributed by atoms with Gasteiger partial charge in [0.15, 0.2) is 0 Å². The van der Waals surface area contributed by atoms with Crippen LogP contribution in [0.2, 0.25) is 5.02 Å². The van der Waals surface area contributed by atoms with E-state index >= 15 is 0 Å². The lowest BCUT2D eigenvalue weighted by Crippen LogP contribution is -2.37. The van der Waals surface area contributed by atoms with Crippen LogP contribution in [0.1, 0.15) is 32.3 Å². The lowest BCUT2D eigenvalue weighted by molar-refractivity contribution is 0.402. The van der Waals surface area contributed by atoms with Crippen LogP contribution in [0.15, 0.2) is 17.0 Å². The largest absolute Gasteiger partial charge is 0.326 e. The van der Waals surface area contributed by atoms with Crippen LogP contribution in [0.25, 0.3) is 0 Å². The third-order valence-electron chi connectivity index (χ3n) is 4.38. The van der Waals surface area contributed by atoms with Gasteiger partial charge in [-0.1, -0.05) is 25.4 Å². The van der Waals surface area contributed by atoms with Crippen molar-refractivity contribution in [2.24, 2.45) is 17.6 Å². The summed E-state index contributed by atoms with van der Waals surface area (Å²) in [5.41, 5.74) is 5.75. The number of hydrogen-bond acceptors (Lipinski definition) is 3. The Hall–Kier alpha value is -0.690. The highest BCUT2D eigenvalue weighted by atomic mass is 35.5. The minimum atomic E-state index is -3.78. The van der Waals surface area contributed by atoms with Crippen LogP contribution >= 0.6 is 11.6 Å². The van der Waals surface area contributed by atoms with Crippen molar-refractivity contribution >= 4 is 21.6 Å². The number of hydrogen-bond donors (Lipinski definition) is 2. The van der Waals surface area contributed by atoms with Crippen LogP contribution in [0.5, 0.6) is 0 Å². The van der Waals surface area contributed by atoms with Crippen LogP contribution in [0.4, 0.5) is 4.39 Å². The predicted molar refractivity (Wildman–Crippen MR) is 81.0 cm³/mol. The van der Waals surface area contributed by atoms with Gasteiger partial charge in [0.2, 0.25) is 10.0 Å². The first-order chi connectivity index (χ1) is 9.76. The molecule has 1 saturated carbocycles. The Labute approximate surface area is 129 Å². The molecule has 0 aromatic heterocycles. The normalized spacial score (nSPS) is 26.2. The van der Waals surface area contributed by atoms with Gasteiger partial charge in [-0.25, -0.2) is 17.5 Å². The van der Waals surface area contributed by atoms with E-state index in [1.165, 1.54) is 6.07 Å². The summed E-state index contributed by atoms with van der Waals surface area (Å²) in [4.78, 5) is -0.128. The van der Waals surface area contributed by atoms with Crippen molar-refractivity contribution in [3.8, 4) is 0 Å². The molecule has 7 heteroatoms. The third kappa shape index (κ3) is 3.39. The number of nitrogens with two attached hydrogens (primary N) is 1. The van der Waals surface area contributed by atoms with Crippen LogP contribution in [0.3, 0.4) is 0 Å². The Morgan fingerprint density at radius 2 is 2.05 bits per heavy atom. The molecule has 2 rings (SSSR count). The molecule has 0 spiro atoms. The molecule has 21 heavy (non-hydrogen) atoms. The summed E-state index contributed by atoms with van der Waals surface area (Å²) in [6, 6.07) is 2.15. The molecular weight excluding hydrogens is 315 g/mol. The first kappa shape index (κ1) is 16.7. The minimum absolute atomic E-state index is 0.0179. The molecule has 0 bridgehead atoms. The molecule has 118 valence electrons. The molecule has 0 saturated heterocycles. The van der Waals surface area contributed by atoms with E-state index in [0.29, 0.717) is 5.92 Å². The zero-order valence-electron chi connectivity index (χ0n) is 12.1. The summed E-state index contributed by atoms with van der Waals surface area (Å²) in [6.07, 6.45) is 1.78. The maximum Gasteiger partial charge on any atom is 0.240 e. The van der Waals surface area contributed by atoms with E-state index in [9.17, 15) is 12.8 Å². The molecule has 0 aliphatic heterocycles. The molecule has 1 aliphatic rings. The van der Waals surface area contributed by atoms with Gasteiger partial charge in [0.1, 0.15) is 5.82 Å². The number of rotatable bonds is 4. The second-order valence-electron chi connectivity index (χ2n) is 5.72. The van der Waals surface area contributed by atoms with Gasteiger partial charge in [0.05, 0.1) is 9.92 Å². The first-order valence-corrected chi connectivity index (χ1v) is 8.82. The van der Waals surface area contributed by atoms with Crippen molar-refractivity contribution in [2.45, 2.75) is 44.2 Å². The van der Waals surface area contributed by atoms with Gasteiger partial charge in [-0.05, 0) is 42.4 Å². The Kier molecular flexibility index (Phi) is 4.92. The maximum absolute atomic E-state index is 13.7. The molecule has 1 aromatic rings. The molecule has 3 N–H and O–H groups in total. The Bertz CT molecular complexity index is 636.